The molecule has 0 radical (unpaired) electrons. The van der Waals surface area contributed by atoms with Gasteiger partial charge >= 0.3 is 65.1 Å². The molecule has 7 atom stereocenters. The molecule has 5 heterocycles. The van der Waals surface area contributed by atoms with Gasteiger partial charge in [0.05, 0.1) is 46.5 Å². The summed E-state index contributed by atoms with van der Waals surface area (Å²) in [5, 5.41) is 47.3. The van der Waals surface area contributed by atoms with E-state index in [4.69, 9.17) is 0 Å². The van der Waals surface area contributed by atoms with Gasteiger partial charge in [-0.3, -0.25) is 14.6 Å². The zero-order chi connectivity index (χ0) is 34.3. The number of aliphatic hydroxyl groups excluding tert-OH is 1. The van der Waals surface area contributed by atoms with Crippen LogP contribution in [0, 0.1) is 23.5 Å². The molecule has 0 spiro atoms. The summed E-state index contributed by atoms with van der Waals surface area (Å²) in [4.78, 5) is 56.7. The Morgan fingerprint density at radius 2 is 1.86 bits per heavy atom. The first-order chi connectivity index (χ1) is 22.8. The number of thioether (sulfide) groups is 1. The predicted octanol–water partition coefficient (Wildman–Crippen LogP) is -6.06. The van der Waals surface area contributed by atoms with E-state index in [2.05, 4.69) is 10.3 Å². The number of anilines is 1. The first-order valence-corrected chi connectivity index (χ1v) is 16.8. The SMILES string of the molecule is C[C@@H](O)[C@H]1C(=O)N2C(C(=O)O)=C(S[C@@H]3CN[C@H](C([O-])=N[C@H]4CCN(c5c(F)cc6c(=O)c(C(=O)[O-])cn(C7CC7)c6c5F)C4)C3)[C@H](C)[C@H]12.[Na+].[Na+]. The molecular weight excluding hydrogens is 698 g/mol. The predicted molar refractivity (Wildman–Crippen MR) is 166 cm³/mol. The molecule has 5 aliphatic rings. The maximum Gasteiger partial charge on any atom is 1.00 e. The fraction of sp³-hybridized carbons (Fsp3) is 0.531. The van der Waals surface area contributed by atoms with Crippen molar-refractivity contribution in [2.24, 2.45) is 16.8 Å². The average Bonchev–Trinajstić information content (AvgIpc) is 3.48. The van der Waals surface area contributed by atoms with Crippen LogP contribution in [0.5, 0.6) is 0 Å². The molecule has 3 saturated heterocycles. The van der Waals surface area contributed by atoms with Crippen LogP contribution in [0.4, 0.5) is 14.5 Å². The van der Waals surface area contributed by atoms with E-state index in [0.717, 1.165) is 12.3 Å². The Balaban J connectivity index is 0.00000243. The summed E-state index contributed by atoms with van der Waals surface area (Å²) in [5.41, 5.74) is -2.31. The summed E-state index contributed by atoms with van der Waals surface area (Å²) in [6.07, 6.45) is 2.14. The van der Waals surface area contributed by atoms with Crippen LogP contribution in [0.1, 0.15) is 55.9 Å². The van der Waals surface area contributed by atoms with E-state index in [0.29, 0.717) is 37.1 Å². The van der Waals surface area contributed by atoms with Crippen LogP contribution in [0.25, 0.3) is 10.9 Å². The molecule has 1 amide bonds. The van der Waals surface area contributed by atoms with Crippen molar-refractivity contribution in [1.82, 2.24) is 14.8 Å². The van der Waals surface area contributed by atoms with Crippen molar-refractivity contribution < 1.29 is 103 Å². The Labute approximate surface area is 333 Å². The second kappa shape index (κ2) is 14.8. The monoisotopic (exact) mass is 731 g/mol. The molecule has 0 unspecified atom stereocenters. The number of nitrogens with zero attached hydrogens (tertiary/aromatic N) is 4. The molecule has 7 rings (SSSR count). The second-order valence-electron chi connectivity index (χ2n) is 13.3. The van der Waals surface area contributed by atoms with Crippen LogP contribution < -0.4 is 85.0 Å². The minimum absolute atomic E-state index is 0. The van der Waals surface area contributed by atoms with Crippen LogP contribution in [-0.4, -0.2) is 92.5 Å². The van der Waals surface area contributed by atoms with Gasteiger partial charge in [-0.2, -0.15) is 0 Å². The maximum absolute atomic E-state index is 16.0. The first kappa shape index (κ1) is 39.2. The Morgan fingerprint density at radius 1 is 1.16 bits per heavy atom. The van der Waals surface area contributed by atoms with Crippen molar-refractivity contribution in [3.8, 4) is 0 Å². The number of hydrogen-bond acceptors (Lipinski definition) is 11. The summed E-state index contributed by atoms with van der Waals surface area (Å²) in [6.45, 7) is 3.98. The van der Waals surface area contributed by atoms with Crippen LogP contribution in [0.15, 0.2) is 32.7 Å². The van der Waals surface area contributed by atoms with Gasteiger partial charge in [-0.15, -0.1) is 11.8 Å². The van der Waals surface area contributed by atoms with Crippen molar-refractivity contribution in [3.05, 3.63) is 50.3 Å². The van der Waals surface area contributed by atoms with Gasteiger partial charge in [0.25, 0.3) is 0 Å². The zero-order valence-electron chi connectivity index (χ0n) is 28.0. The summed E-state index contributed by atoms with van der Waals surface area (Å²) < 4.78 is 32.8. The Bertz CT molecular complexity index is 1890. The quantitative estimate of drug-likeness (QED) is 0.0964. The van der Waals surface area contributed by atoms with E-state index in [-0.39, 0.29) is 112 Å². The number of carbonyl (C=O) groups excluding carboxylic acids is 2. The summed E-state index contributed by atoms with van der Waals surface area (Å²) in [7, 11) is 0. The number of benzene rings is 1. The molecule has 4 aliphatic heterocycles. The fourth-order valence-electron chi connectivity index (χ4n) is 7.67. The average molecular weight is 732 g/mol. The van der Waals surface area contributed by atoms with Crippen LogP contribution in [0.2, 0.25) is 0 Å². The zero-order valence-corrected chi connectivity index (χ0v) is 32.8. The number of carboxylic acids is 2. The second-order valence-corrected chi connectivity index (χ2v) is 14.6. The molecule has 256 valence electrons. The van der Waals surface area contributed by atoms with Gasteiger partial charge in [-0.05, 0) is 44.6 Å². The number of aromatic nitrogens is 1. The first-order valence-electron chi connectivity index (χ1n) is 15.9. The van der Waals surface area contributed by atoms with E-state index in [9.17, 15) is 39.6 Å². The molecule has 4 fully saturated rings. The van der Waals surface area contributed by atoms with E-state index in [1.165, 1.54) is 33.1 Å². The molecule has 13 nitrogen and oxygen atoms in total. The molecule has 1 aliphatic carbocycles. The molecule has 1 saturated carbocycles. The third-order valence-electron chi connectivity index (χ3n) is 10.1. The van der Waals surface area contributed by atoms with Crippen molar-refractivity contribution in [2.75, 3.05) is 24.5 Å². The molecule has 50 heavy (non-hydrogen) atoms. The number of aliphatic imine (C=N–C) groups is 1. The van der Waals surface area contributed by atoms with E-state index in [1.54, 1.807) is 0 Å². The standard InChI is InChI=1S/C32H35F2N5O8S.2Na/c1-12-23-21(13(2)40)30(43)39(23)26(32(46)47)28(12)48-16-7-20(35-9-16)29(42)36-14-5-6-37(10-14)25-19(33)8-17-24(22(25)34)38(15-3-4-15)11-18(27(17)41)31(44)45;;/h8,11-16,20-21,23,35,40H,3-7,9-10H2,1-2H3,(H,36,42)(H,44,45)(H,46,47);;/q;2*+1/p-2/t12-,13-,14+,16+,20+,21-,23-;;/m1../s1. The number of halogens is 2. The molecule has 3 N–H and O–H groups in total. The Morgan fingerprint density at radius 3 is 2.48 bits per heavy atom. The number of pyridine rings is 1. The number of rotatable bonds is 9. The number of aromatic carboxylic acids is 1. The van der Waals surface area contributed by atoms with Gasteiger partial charge in [-0.1, -0.05) is 6.92 Å². The number of carbonyl (C=O) groups is 3. The van der Waals surface area contributed by atoms with E-state index < -0.39 is 76.5 Å². The topological polar surface area (TPSA) is 191 Å². The van der Waals surface area contributed by atoms with Gasteiger partial charge in [0.15, 0.2) is 11.2 Å². The van der Waals surface area contributed by atoms with Gasteiger partial charge in [-0.25, -0.2) is 13.6 Å². The minimum Gasteiger partial charge on any atom is -0.861 e. The molecule has 1 aromatic heterocycles. The van der Waals surface area contributed by atoms with Crippen molar-refractivity contribution in [1.29, 1.82) is 0 Å². The fourth-order valence-corrected chi connectivity index (χ4v) is 9.15. The van der Waals surface area contributed by atoms with Crippen LogP contribution >= 0.6 is 11.8 Å². The third-order valence-corrected chi connectivity index (χ3v) is 11.6. The number of amides is 1. The smallest absolute Gasteiger partial charge is 0.861 e. The number of β-lactam (4-membered cyclic amide) rings is 1. The van der Waals surface area contributed by atoms with Crippen molar-refractivity contribution in [3.63, 3.8) is 0 Å². The Kier molecular flexibility index (Phi) is 11.6. The number of aliphatic carboxylic acids is 1. The largest absolute Gasteiger partial charge is 1.00 e. The number of hydrogen-bond donors (Lipinski definition) is 3. The van der Waals surface area contributed by atoms with Crippen LogP contribution in [0.3, 0.4) is 0 Å². The van der Waals surface area contributed by atoms with Crippen LogP contribution in [-0.2, 0) is 9.59 Å². The minimum atomic E-state index is -1.72. The number of nitrogens with one attached hydrogen (secondary N) is 1. The third kappa shape index (κ3) is 6.57. The summed E-state index contributed by atoms with van der Waals surface area (Å²) in [5.74, 6) is -6.76. The van der Waals surface area contributed by atoms with Crippen molar-refractivity contribution in [2.45, 2.75) is 75.1 Å². The van der Waals surface area contributed by atoms with Gasteiger partial charge in [0.2, 0.25) is 5.91 Å². The number of aliphatic hydroxyl groups is 1. The molecule has 1 aromatic carbocycles. The van der Waals surface area contributed by atoms with E-state index >= 15 is 8.78 Å². The number of fused-ring (bicyclic) bond motifs is 2. The Hall–Kier alpha value is -2.02. The molecule has 2 aromatic rings. The van der Waals surface area contributed by atoms with E-state index in [1.807, 2.05) is 6.92 Å². The van der Waals surface area contributed by atoms with Gasteiger partial charge < -0.3 is 44.9 Å². The molecule has 0 bridgehead atoms. The summed E-state index contributed by atoms with van der Waals surface area (Å²) >= 11 is 1.31. The maximum atomic E-state index is 16.0. The van der Waals surface area contributed by atoms with Gasteiger partial charge in [0, 0.05) is 54.0 Å². The molecular formula is C32H33F2N5Na2O8S. The molecule has 18 heteroatoms. The normalized spacial score (nSPS) is 28.3. The summed E-state index contributed by atoms with van der Waals surface area (Å²) in [6, 6.07) is -1.01. The van der Waals surface area contributed by atoms with Gasteiger partial charge in [0.1, 0.15) is 17.2 Å². The van der Waals surface area contributed by atoms with Crippen molar-refractivity contribution >= 4 is 52.1 Å². The number of carboxylic acid groups (broad SMARTS) is 2.